The summed E-state index contributed by atoms with van der Waals surface area (Å²) >= 11 is 0. The summed E-state index contributed by atoms with van der Waals surface area (Å²) in [7, 11) is 2.07. The Kier molecular flexibility index (Phi) is 7.82. The standard InChI is InChI=1S/C30H35N5O2/c1-23-8-11-26(12-9-23)37-22-30(36)31-25-10-13-28-27(20-25)32-29(33(28)2)14-15-34-16-18-35(19-17-34)21-24-6-4-3-5-7-24/h3-13,20H,14-19,21-22H2,1-2H3,(H,31,36). The van der Waals surface area contributed by atoms with Crippen molar-refractivity contribution in [3.05, 3.63) is 89.7 Å². The molecule has 2 heterocycles. The molecule has 1 aliphatic rings. The Morgan fingerprint density at radius 2 is 1.68 bits per heavy atom. The van der Waals surface area contributed by atoms with Gasteiger partial charge in [-0.3, -0.25) is 9.69 Å². The Morgan fingerprint density at radius 3 is 2.43 bits per heavy atom. The monoisotopic (exact) mass is 497 g/mol. The molecule has 5 rings (SSSR count). The largest absolute Gasteiger partial charge is 0.484 e. The predicted octanol–water partition coefficient (Wildman–Crippen LogP) is 4.26. The normalized spacial score (nSPS) is 14.6. The molecule has 0 unspecified atom stereocenters. The Morgan fingerprint density at radius 1 is 0.946 bits per heavy atom. The van der Waals surface area contributed by atoms with E-state index in [1.807, 2.05) is 49.4 Å². The third-order valence-corrected chi connectivity index (χ3v) is 7.01. The van der Waals surface area contributed by atoms with Gasteiger partial charge in [0.05, 0.1) is 11.0 Å². The minimum absolute atomic E-state index is 0.0345. The first-order valence-electron chi connectivity index (χ1n) is 13.0. The number of carbonyl (C=O) groups is 1. The van der Waals surface area contributed by atoms with E-state index in [0.29, 0.717) is 5.75 Å². The summed E-state index contributed by atoms with van der Waals surface area (Å²) in [6, 6.07) is 24.2. The summed E-state index contributed by atoms with van der Waals surface area (Å²) < 4.78 is 7.75. The van der Waals surface area contributed by atoms with Crippen LogP contribution in [0.15, 0.2) is 72.8 Å². The fourth-order valence-electron chi connectivity index (χ4n) is 4.80. The highest BCUT2D eigenvalue weighted by Crippen LogP contribution is 2.21. The van der Waals surface area contributed by atoms with Crippen molar-refractivity contribution in [2.45, 2.75) is 19.9 Å². The van der Waals surface area contributed by atoms with Crippen molar-refractivity contribution in [1.82, 2.24) is 19.4 Å². The molecule has 0 aliphatic carbocycles. The van der Waals surface area contributed by atoms with Crippen molar-refractivity contribution < 1.29 is 9.53 Å². The number of amides is 1. The lowest BCUT2D eigenvalue weighted by Crippen LogP contribution is -2.46. The second-order valence-corrected chi connectivity index (χ2v) is 9.79. The first-order valence-corrected chi connectivity index (χ1v) is 13.0. The highest BCUT2D eigenvalue weighted by molar-refractivity contribution is 5.94. The molecule has 1 amide bonds. The molecule has 0 atom stereocenters. The molecule has 0 radical (unpaired) electrons. The van der Waals surface area contributed by atoms with E-state index in [2.05, 4.69) is 57.1 Å². The average Bonchev–Trinajstić information content (AvgIpc) is 3.23. The van der Waals surface area contributed by atoms with Crippen molar-refractivity contribution >= 4 is 22.6 Å². The Bertz CT molecular complexity index is 1330. The van der Waals surface area contributed by atoms with E-state index in [1.165, 1.54) is 5.56 Å². The lowest BCUT2D eigenvalue weighted by Gasteiger charge is -2.34. The summed E-state index contributed by atoms with van der Waals surface area (Å²) in [4.78, 5) is 22.3. The van der Waals surface area contributed by atoms with Crippen molar-refractivity contribution in [3.8, 4) is 5.75 Å². The van der Waals surface area contributed by atoms with E-state index in [4.69, 9.17) is 9.72 Å². The van der Waals surface area contributed by atoms with Crippen LogP contribution in [-0.2, 0) is 24.8 Å². The molecule has 1 saturated heterocycles. The van der Waals surface area contributed by atoms with Gasteiger partial charge in [0.25, 0.3) is 5.91 Å². The van der Waals surface area contributed by atoms with E-state index in [-0.39, 0.29) is 12.5 Å². The van der Waals surface area contributed by atoms with Crippen LogP contribution in [0.5, 0.6) is 5.75 Å². The SMILES string of the molecule is Cc1ccc(OCC(=O)Nc2ccc3c(c2)nc(CCN2CCN(Cc4ccccc4)CC2)n3C)cc1. The van der Waals surface area contributed by atoms with Crippen LogP contribution < -0.4 is 10.1 Å². The third-order valence-electron chi connectivity index (χ3n) is 7.01. The van der Waals surface area contributed by atoms with Crippen LogP contribution in [0.4, 0.5) is 5.69 Å². The number of hydrogen-bond acceptors (Lipinski definition) is 5. The second-order valence-electron chi connectivity index (χ2n) is 9.79. The third kappa shape index (κ3) is 6.56. The van der Waals surface area contributed by atoms with Crippen LogP contribution >= 0.6 is 0 Å². The van der Waals surface area contributed by atoms with E-state index in [0.717, 1.165) is 73.8 Å². The van der Waals surface area contributed by atoms with Gasteiger partial charge in [-0.2, -0.15) is 0 Å². The molecule has 0 bridgehead atoms. The topological polar surface area (TPSA) is 62.6 Å². The molecule has 1 aliphatic heterocycles. The number of hydrogen-bond donors (Lipinski definition) is 1. The summed E-state index contributed by atoms with van der Waals surface area (Å²) in [6.45, 7) is 8.35. The number of fused-ring (bicyclic) bond motifs is 1. The number of piperazine rings is 1. The number of aryl methyl sites for hydroxylation is 2. The van der Waals surface area contributed by atoms with Crippen molar-refractivity contribution in [2.24, 2.45) is 7.05 Å². The molecule has 192 valence electrons. The van der Waals surface area contributed by atoms with Gasteiger partial charge in [-0.1, -0.05) is 48.0 Å². The van der Waals surface area contributed by atoms with Crippen molar-refractivity contribution in [3.63, 3.8) is 0 Å². The zero-order valence-corrected chi connectivity index (χ0v) is 21.7. The summed E-state index contributed by atoms with van der Waals surface area (Å²) in [5, 5.41) is 2.92. The molecule has 1 N–H and O–H groups in total. The molecule has 7 nitrogen and oxygen atoms in total. The van der Waals surface area contributed by atoms with Gasteiger partial charge in [-0.15, -0.1) is 0 Å². The van der Waals surface area contributed by atoms with E-state index >= 15 is 0 Å². The highest BCUT2D eigenvalue weighted by Gasteiger charge is 2.18. The zero-order chi connectivity index (χ0) is 25.6. The first-order chi connectivity index (χ1) is 18.0. The number of ether oxygens (including phenoxy) is 1. The van der Waals surface area contributed by atoms with Crippen LogP contribution in [-0.4, -0.2) is 64.6 Å². The van der Waals surface area contributed by atoms with Gasteiger partial charge in [0.15, 0.2) is 6.61 Å². The van der Waals surface area contributed by atoms with Gasteiger partial charge in [-0.25, -0.2) is 4.98 Å². The number of aromatic nitrogens is 2. The van der Waals surface area contributed by atoms with E-state index < -0.39 is 0 Å². The number of carbonyl (C=O) groups excluding carboxylic acids is 1. The number of benzene rings is 3. The quantitative estimate of drug-likeness (QED) is 0.374. The Labute approximate surface area is 218 Å². The fraction of sp³-hybridized carbons (Fsp3) is 0.333. The maximum atomic E-state index is 12.4. The molecule has 7 heteroatoms. The van der Waals surface area contributed by atoms with Gasteiger partial charge in [0.1, 0.15) is 11.6 Å². The van der Waals surface area contributed by atoms with Gasteiger partial charge in [0.2, 0.25) is 0 Å². The highest BCUT2D eigenvalue weighted by atomic mass is 16.5. The molecule has 37 heavy (non-hydrogen) atoms. The molecular weight excluding hydrogens is 462 g/mol. The Hall–Kier alpha value is -3.68. The molecule has 4 aromatic rings. The van der Waals surface area contributed by atoms with E-state index in [1.54, 1.807) is 0 Å². The molecule has 0 saturated carbocycles. The fourth-order valence-corrected chi connectivity index (χ4v) is 4.80. The van der Waals surface area contributed by atoms with Crippen LogP contribution in [0.1, 0.15) is 17.0 Å². The van der Waals surface area contributed by atoms with Crippen LogP contribution in [0.2, 0.25) is 0 Å². The second kappa shape index (κ2) is 11.6. The summed E-state index contributed by atoms with van der Waals surface area (Å²) in [6.07, 6.45) is 0.899. The molecular formula is C30H35N5O2. The summed E-state index contributed by atoms with van der Waals surface area (Å²) in [5.74, 6) is 1.55. The average molecular weight is 498 g/mol. The minimum Gasteiger partial charge on any atom is -0.484 e. The predicted molar refractivity (Wildman–Crippen MR) is 148 cm³/mol. The molecule has 0 spiro atoms. The number of rotatable bonds is 9. The Balaban J connectivity index is 1.11. The van der Waals surface area contributed by atoms with Crippen LogP contribution in [0, 0.1) is 6.92 Å². The smallest absolute Gasteiger partial charge is 0.262 e. The lowest BCUT2D eigenvalue weighted by atomic mass is 10.2. The van der Waals surface area contributed by atoms with Crippen LogP contribution in [0.3, 0.4) is 0 Å². The molecule has 3 aromatic carbocycles. The van der Waals surface area contributed by atoms with Gasteiger partial charge >= 0.3 is 0 Å². The van der Waals surface area contributed by atoms with Gasteiger partial charge in [0, 0.05) is 58.4 Å². The first kappa shape index (κ1) is 25.0. The summed E-state index contributed by atoms with van der Waals surface area (Å²) in [5.41, 5.74) is 5.22. The van der Waals surface area contributed by atoms with Crippen LogP contribution in [0.25, 0.3) is 11.0 Å². The maximum absolute atomic E-state index is 12.4. The van der Waals surface area contributed by atoms with E-state index in [9.17, 15) is 4.79 Å². The van der Waals surface area contributed by atoms with Gasteiger partial charge in [-0.05, 0) is 42.8 Å². The number of imidazole rings is 1. The minimum atomic E-state index is -0.192. The van der Waals surface area contributed by atoms with Crippen molar-refractivity contribution in [2.75, 3.05) is 44.6 Å². The number of nitrogens with one attached hydrogen (secondary N) is 1. The zero-order valence-electron chi connectivity index (χ0n) is 21.7. The molecule has 1 fully saturated rings. The van der Waals surface area contributed by atoms with Gasteiger partial charge < -0.3 is 19.5 Å². The number of nitrogens with zero attached hydrogens (tertiary/aromatic N) is 4. The molecule has 1 aromatic heterocycles. The lowest BCUT2D eigenvalue weighted by molar-refractivity contribution is -0.118. The number of anilines is 1. The maximum Gasteiger partial charge on any atom is 0.262 e. The van der Waals surface area contributed by atoms with Crippen molar-refractivity contribution in [1.29, 1.82) is 0 Å².